The summed E-state index contributed by atoms with van der Waals surface area (Å²) < 4.78 is 5.02. The van der Waals surface area contributed by atoms with Crippen LogP contribution >= 0.6 is 0 Å². The fourth-order valence-electron chi connectivity index (χ4n) is 4.80. The fraction of sp³-hybridized carbons (Fsp3) is 0.526. The van der Waals surface area contributed by atoms with Gasteiger partial charge in [-0.3, -0.25) is 9.69 Å². The molecule has 0 spiro atoms. The van der Waals surface area contributed by atoms with E-state index in [0.717, 1.165) is 37.1 Å². The number of methoxy groups -OCH3 is 1. The summed E-state index contributed by atoms with van der Waals surface area (Å²) in [5.41, 5.74) is 4.58. The van der Waals surface area contributed by atoms with Gasteiger partial charge < -0.3 is 14.8 Å². The van der Waals surface area contributed by atoms with Crippen molar-refractivity contribution in [3.8, 4) is 0 Å². The first-order valence-corrected chi connectivity index (χ1v) is 8.73. The van der Waals surface area contributed by atoms with Crippen molar-refractivity contribution in [1.29, 1.82) is 0 Å². The number of esters is 1. The second-order valence-electron chi connectivity index (χ2n) is 6.93. The first-order chi connectivity index (χ1) is 11.7. The van der Waals surface area contributed by atoms with Gasteiger partial charge in [0.2, 0.25) is 0 Å². The summed E-state index contributed by atoms with van der Waals surface area (Å²) in [6.45, 7) is 3.86. The van der Waals surface area contributed by atoms with E-state index in [1.54, 1.807) is 0 Å². The number of nitrogens with one attached hydrogen (secondary N) is 1. The third-order valence-electron chi connectivity index (χ3n) is 5.89. The molecule has 1 aliphatic heterocycles. The van der Waals surface area contributed by atoms with Crippen LogP contribution in [-0.2, 0) is 22.6 Å². The van der Waals surface area contributed by atoms with E-state index >= 15 is 0 Å². The number of carbonyl (C=O) groups excluding carboxylic acids is 1. The number of hydrogen-bond acceptors (Lipinski definition) is 4. The summed E-state index contributed by atoms with van der Waals surface area (Å²) in [4.78, 5) is 17.9. The Labute approximate surface area is 141 Å². The number of likely N-dealkylation sites (tertiary alicyclic amines) is 1. The van der Waals surface area contributed by atoms with Crippen molar-refractivity contribution in [3.05, 3.63) is 35.0 Å². The van der Waals surface area contributed by atoms with Crippen LogP contribution in [0.4, 0.5) is 0 Å². The van der Waals surface area contributed by atoms with Crippen molar-refractivity contribution >= 4 is 16.9 Å². The fourth-order valence-corrected chi connectivity index (χ4v) is 4.80. The van der Waals surface area contributed by atoms with Crippen molar-refractivity contribution in [2.75, 3.05) is 20.2 Å². The molecule has 1 saturated heterocycles. The number of benzene rings is 1. The lowest BCUT2D eigenvalue weighted by Crippen LogP contribution is -2.51. The number of rotatable bonds is 3. The lowest BCUT2D eigenvalue weighted by atomic mass is 9.72. The van der Waals surface area contributed by atoms with E-state index in [0.29, 0.717) is 12.0 Å². The van der Waals surface area contributed by atoms with Crippen LogP contribution < -0.4 is 0 Å². The van der Waals surface area contributed by atoms with Crippen LogP contribution in [0.15, 0.2) is 18.2 Å². The first kappa shape index (κ1) is 15.7. The number of carbonyl (C=O) groups is 1. The lowest BCUT2D eigenvalue weighted by molar-refractivity contribution is -0.148. The van der Waals surface area contributed by atoms with E-state index in [-0.39, 0.29) is 18.5 Å². The molecular formula is C19H24N2O3. The summed E-state index contributed by atoms with van der Waals surface area (Å²) in [5, 5.41) is 11.0. The Morgan fingerprint density at radius 3 is 3.00 bits per heavy atom. The second kappa shape index (κ2) is 5.90. The highest BCUT2D eigenvalue weighted by Crippen LogP contribution is 2.45. The van der Waals surface area contributed by atoms with Crippen molar-refractivity contribution in [1.82, 2.24) is 9.88 Å². The molecule has 1 aliphatic carbocycles. The van der Waals surface area contributed by atoms with E-state index in [4.69, 9.17) is 4.74 Å². The van der Waals surface area contributed by atoms with Crippen molar-refractivity contribution in [3.63, 3.8) is 0 Å². The molecule has 0 bridgehead atoms. The average Bonchev–Trinajstić information content (AvgIpc) is 2.99. The van der Waals surface area contributed by atoms with Gasteiger partial charge in [-0.25, -0.2) is 0 Å². The van der Waals surface area contributed by atoms with Crippen LogP contribution in [0.25, 0.3) is 10.9 Å². The lowest BCUT2D eigenvalue weighted by Gasteiger charge is -2.46. The van der Waals surface area contributed by atoms with Crippen LogP contribution in [-0.4, -0.2) is 47.2 Å². The molecule has 2 aromatic rings. The molecule has 1 unspecified atom stereocenters. The van der Waals surface area contributed by atoms with Gasteiger partial charge in [0.1, 0.15) is 0 Å². The van der Waals surface area contributed by atoms with Crippen LogP contribution in [0.1, 0.15) is 36.1 Å². The Morgan fingerprint density at radius 2 is 2.29 bits per heavy atom. The highest BCUT2D eigenvalue weighted by molar-refractivity contribution is 5.90. The van der Waals surface area contributed by atoms with Crippen LogP contribution in [0.2, 0.25) is 0 Å². The number of hydrogen-bond donors (Lipinski definition) is 2. The topological polar surface area (TPSA) is 65.6 Å². The molecule has 2 aliphatic rings. The minimum atomic E-state index is -0.102. The molecule has 3 atom stereocenters. The molecule has 0 radical (unpaired) electrons. The summed E-state index contributed by atoms with van der Waals surface area (Å²) >= 11 is 0. The van der Waals surface area contributed by atoms with E-state index in [2.05, 4.69) is 35.0 Å². The first-order valence-electron chi connectivity index (χ1n) is 8.73. The molecule has 0 amide bonds. The zero-order chi connectivity index (χ0) is 16.8. The van der Waals surface area contributed by atoms with Crippen LogP contribution in [0.5, 0.6) is 0 Å². The Bertz CT molecular complexity index is 782. The number of piperidine rings is 1. The Kier molecular flexibility index (Phi) is 3.85. The third-order valence-corrected chi connectivity index (χ3v) is 5.89. The molecule has 4 rings (SSSR count). The minimum Gasteiger partial charge on any atom is -0.469 e. The van der Waals surface area contributed by atoms with Gasteiger partial charge in [0, 0.05) is 35.1 Å². The normalized spacial score (nSPS) is 26.4. The molecule has 5 nitrogen and oxygen atoms in total. The van der Waals surface area contributed by atoms with Gasteiger partial charge in [-0.2, -0.15) is 0 Å². The van der Waals surface area contributed by atoms with E-state index in [1.807, 2.05) is 0 Å². The van der Waals surface area contributed by atoms with E-state index in [1.165, 1.54) is 23.6 Å². The molecule has 5 heteroatoms. The zero-order valence-electron chi connectivity index (χ0n) is 14.2. The van der Waals surface area contributed by atoms with E-state index < -0.39 is 0 Å². The SMILES string of the molecule is CCN1C[C@@H](C(=O)OC)CC2c3cccc4[nH]c(CO)c(c34)C[C@H]21. The number of H-pyrrole nitrogens is 1. The Balaban J connectivity index is 1.83. The average molecular weight is 328 g/mol. The molecule has 2 N–H and O–H groups in total. The van der Waals surface area contributed by atoms with Gasteiger partial charge in [-0.1, -0.05) is 19.1 Å². The smallest absolute Gasteiger partial charge is 0.309 e. The van der Waals surface area contributed by atoms with Gasteiger partial charge in [0.05, 0.1) is 19.6 Å². The maximum absolute atomic E-state index is 12.2. The second-order valence-corrected chi connectivity index (χ2v) is 6.93. The largest absolute Gasteiger partial charge is 0.469 e. The zero-order valence-corrected chi connectivity index (χ0v) is 14.2. The van der Waals surface area contributed by atoms with Gasteiger partial charge in [0.15, 0.2) is 0 Å². The molecule has 128 valence electrons. The molecule has 24 heavy (non-hydrogen) atoms. The summed E-state index contributed by atoms with van der Waals surface area (Å²) in [6.07, 6.45) is 1.77. The van der Waals surface area contributed by atoms with Crippen molar-refractivity contribution in [2.45, 2.75) is 38.3 Å². The summed E-state index contributed by atoms with van der Waals surface area (Å²) in [7, 11) is 1.48. The Hall–Kier alpha value is -1.85. The quantitative estimate of drug-likeness (QED) is 0.848. The number of likely N-dealkylation sites (N-methyl/N-ethyl adjacent to an activating group) is 1. The maximum atomic E-state index is 12.2. The maximum Gasteiger partial charge on any atom is 0.309 e. The summed E-state index contributed by atoms with van der Waals surface area (Å²) in [6, 6.07) is 6.71. The van der Waals surface area contributed by atoms with E-state index in [9.17, 15) is 9.90 Å². The molecule has 1 aromatic heterocycles. The number of aliphatic hydroxyl groups is 1. The highest BCUT2D eigenvalue weighted by Gasteiger charge is 2.43. The van der Waals surface area contributed by atoms with Crippen LogP contribution in [0.3, 0.4) is 0 Å². The minimum absolute atomic E-state index is 0.0394. The predicted molar refractivity (Wildman–Crippen MR) is 91.8 cm³/mol. The number of aromatic amines is 1. The number of fused-ring (bicyclic) bond motifs is 2. The third kappa shape index (κ3) is 2.19. The number of aromatic nitrogens is 1. The van der Waals surface area contributed by atoms with Crippen molar-refractivity contribution < 1.29 is 14.6 Å². The summed E-state index contributed by atoms with van der Waals surface area (Å²) in [5.74, 6) is 0.167. The monoisotopic (exact) mass is 328 g/mol. The molecule has 2 heterocycles. The molecule has 0 saturated carbocycles. The van der Waals surface area contributed by atoms with Gasteiger partial charge >= 0.3 is 5.97 Å². The molecule has 1 fully saturated rings. The Morgan fingerprint density at radius 1 is 1.46 bits per heavy atom. The number of ether oxygens (including phenoxy) is 1. The van der Waals surface area contributed by atoms with Crippen molar-refractivity contribution in [2.24, 2.45) is 5.92 Å². The molecular weight excluding hydrogens is 304 g/mol. The highest BCUT2D eigenvalue weighted by atomic mass is 16.5. The number of nitrogens with zero attached hydrogens (tertiary/aromatic N) is 1. The van der Waals surface area contributed by atoms with Gasteiger partial charge in [0.25, 0.3) is 0 Å². The van der Waals surface area contributed by atoms with Crippen LogP contribution in [0, 0.1) is 5.92 Å². The van der Waals surface area contributed by atoms with Gasteiger partial charge in [-0.15, -0.1) is 0 Å². The standard InChI is InChI=1S/C19H24N2O3/c1-3-21-9-11(19(23)24-2)7-13-12-5-4-6-15-18(12)14(8-17(13)21)16(10-22)20-15/h4-6,11,13,17,20,22H,3,7-10H2,1-2H3/t11-,13?,17+/m0/s1. The predicted octanol–water partition coefficient (Wildman–Crippen LogP) is 2.18. The van der Waals surface area contributed by atoms with Gasteiger partial charge in [-0.05, 0) is 36.6 Å². The molecule has 1 aromatic carbocycles. The number of aliphatic hydroxyl groups excluding tert-OH is 1.